The van der Waals surface area contributed by atoms with Gasteiger partial charge in [-0.25, -0.2) is 8.42 Å². The number of rotatable bonds is 5. The van der Waals surface area contributed by atoms with Gasteiger partial charge in [-0.2, -0.15) is 0 Å². The Bertz CT molecular complexity index is 763. The summed E-state index contributed by atoms with van der Waals surface area (Å²) in [7, 11) is -3.54. The molecule has 0 amide bonds. The summed E-state index contributed by atoms with van der Waals surface area (Å²) in [5.41, 5.74) is 2.40. The number of carbonyl (C=O) groups excluding carboxylic acids is 1. The van der Waals surface area contributed by atoms with Gasteiger partial charge in [-0.3, -0.25) is 4.79 Å². The van der Waals surface area contributed by atoms with Gasteiger partial charge in [0.25, 0.3) is 0 Å². The fraction of sp³-hybridized carbons (Fsp3) is 0.235. The molecule has 2 rings (SSSR count). The number of carbonyl (C=O) groups is 1. The average molecular weight is 381 g/mol. The van der Waals surface area contributed by atoms with Crippen molar-refractivity contribution in [3.8, 4) is 11.1 Å². The molecule has 0 radical (unpaired) electrons. The van der Waals surface area contributed by atoms with Gasteiger partial charge in [0.15, 0.2) is 19.3 Å². The molecule has 0 saturated heterocycles. The van der Waals surface area contributed by atoms with Crippen molar-refractivity contribution >= 4 is 31.6 Å². The number of hydrogen-bond donors (Lipinski definition) is 0. The fourth-order valence-electron chi connectivity index (χ4n) is 2.11. The molecule has 0 fully saturated rings. The van der Waals surface area contributed by atoms with Gasteiger partial charge < -0.3 is 0 Å². The topological polar surface area (TPSA) is 51.2 Å². The second-order valence-corrected chi connectivity index (χ2v) is 9.83. The van der Waals surface area contributed by atoms with Gasteiger partial charge in [-0.15, -0.1) is 0 Å². The number of benzene rings is 2. The van der Waals surface area contributed by atoms with Crippen molar-refractivity contribution in [2.45, 2.75) is 17.5 Å². The van der Waals surface area contributed by atoms with Crippen LogP contribution in [0.1, 0.15) is 24.2 Å². The maximum Gasteiger partial charge on any atom is 0.194 e. The average Bonchev–Trinajstić information content (AvgIpc) is 2.55. The number of ketones is 1. The van der Waals surface area contributed by atoms with Crippen LogP contribution < -0.4 is 0 Å². The van der Waals surface area contributed by atoms with Crippen molar-refractivity contribution in [1.82, 2.24) is 0 Å². The zero-order valence-corrected chi connectivity index (χ0v) is 14.8. The Balaban J connectivity index is 2.33. The van der Waals surface area contributed by atoms with Gasteiger partial charge in [-0.05, 0) is 18.1 Å². The lowest BCUT2D eigenvalue weighted by molar-refractivity contribution is 0.0983. The first-order valence-corrected chi connectivity index (χ1v) is 9.35. The highest BCUT2D eigenvalue weighted by Gasteiger charge is 2.42. The van der Waals surface area contributed by atoms with Gasteiger partial charge in [0.05, 0.1) is 0 Å². The normalized spacial score (nSPS) is 14.3. The second-order valence-electron chi connectivity index (χ2n) is 5.09. The standard InChI is InChI=1S/C17H17BrO3S/c1-3-22(20,21)17(2,18)16(19)15-11-9-14(10-12-15)13-7-5-4-6-8-13/h4-12H,3H2,1-2H3/t17-/m1/s1. The Hall–Kier alpha value is -1.46. The molecule has 1 atom stereocenters. The van der Waals surface area contributed by atoms with Crippen LogP contribution in [0.5, 0.6) is 0 Å². The lowest BCUT2D eigenvalue weighted by Gasteiger charge is -2.20. The SMILES string of the molecule is CCS(=O)(=O)[C@@](C)(Br)C(=O)c1ccc(-c2ccccc2)cc1. The molecule has 2 aromatic carbocycles. The number of alkyl halides is 1. The summed E-state index contributed by atoms with van der Waals surface area (Å²) in [4.78, 5) is 12.5. The van der Waals surface area contributed by atoms with Gasteiger partial charge >= 0.3 is 0 Å². The molecule has 0 saturated carbocycles. The van der Waals surface area contributed by atoms with Crippen LogP contribution in [-0.4, -0.2) is 23.6 Å². The van der Waals surface area contributed by atoms with Crippen LogP contribution in [0.15, 0.2) is 54.6 Å². The molecule has 0 aliphatic heterocycles. The molecule has 0 aliphatic rings. The number of Topliss-reactive ketones (excluding diaryl/α,β-unsaturated/α-hetero) is 1. The molecular weight excluding hydrogens is 364 g/mol. The predicted molar refractivity (Wildman–Crippen MR) is 93.0 cm³/mol. The zero-order valence-electron chi connectivity index (χ0n) is 12.4. The minimum Gasteiger partial charge on any atom is -0.291 e. The Morgan fingerprint density at radius 2 is 1.50 bits per heavy atom. The summed E-state index contributed by atoms with van der Waals surface area (Å²) in [6.07, 6.45) is 0. The summed E-state index contributed by atoms with van der Waals surface area (Å²) in [5, 5.41) is 0. The highest BCUT2D eigenvalue weighted by Crippen LogP contribution is 2.31. The largest absolute Gasteiger partial charge is 0.291 e. The molecule has 0 N–H and O–H groups in total. The highest BCUT2D eigenvalue weighted by atomic mass is 79.9. The molecule has 22 heavy (non-hydrogen) atoms. The third-order valence-corrected chi connectivity index (χ3v) is 7.58. The molecule has 0 aliphatic carbocycles. The molecule has 0 heterocycles. The van der Waals surface area contributed by atoms with E-state index < -0.39 is 19.3 Å². The van der Waals surface area contributed by atoms with E-state index in [4.69, 9.17) is 0 Å². The van der Waals surface area contributed by atoms with Crippen LogP contribution in [-0.2, 0) is 9.84 Å². The molecule has 0 bridgehead atoms. The summed E-state index contributed by atoms with van der Waals surface area (Å²) in [6, 6.07) is 16.8. The minimum absolute atomic E-state index is 0.0947. The summed E-state index contributed by atoms with van der Waals surface area (Å²) < 4.78 is 22.5. The number of halogens is 1. The van der Waals surface area contributed by atoms with Crippen LogP contribution in [0, 0.1) is 0 Å². The molecule has 2 aromatic rings. The van der Waals surface area contributed by atoms with E-state index in [1.807, 2.05) is 42.5 Å². The maximum atomic E-state index is 12.5. The summed E-state index contributed by atoms with van der Waals surface area (Å²) >= 11 is 3.09. The van der Waals surface area contributed by atoms with Crippen molar-refractivity contribution in [2.24, 2.45) is 0 Å². The van der Waals surface area contributed by atoms with Crippen LogP contribution in [0.25, 0.3) is 11.1 Å². The zero-order chi connectivity index (χ0) is 16.4. The van der Waals surface area contributed by atoms with Gasteiger partial charge in [-0.1, -0.05) is 77.5 Å². The first-order chi connectivity index (χ1) is 10.3. The van der Waals surface area contributed by atoms with Crippen molar-refractivity contribution < 1.29 is 13.2 Å². The van der Waals surface area contributed by atoms with Crippen LogP contribution >= 0.6 is 15.9 Å². The third kappa shape index (κ3) is 3.15. The van der Waals surface area contributed by atoms with Gasteiger partial charge in [0, 0.05) is 11.3 Å². The lowest BCUT2D eigenvalue weighted by atomic mass is 10.0. The first kappa shape index (κ1) is 16.9. The smallest absolute Gasteiger partial charge is 0.194 e. The number of sulfone groups is 1. The molecular formula is C17H17BrO3S. The monoisotopic (exact) mass is 380 g/mol. The predicted octanol–water partition coefficient (Wildman–Crippen LogP) is 4.08. The van der Waals surface area contributed by atoms with E-state index in [0.29, 0.717) is 5.56 Å². The van der Waals surface area contributed by atoms with Crippen molar-refractivity contribution in [3.63, 3.8) is 0 Å². The lowest BCUT2D eigenvalue weighted by Crippen LogP contribution is -2.38. The van der Waals surface area contributed by atoms with Crippen LogP contribution in [0.2, 0.25) is 0 Å². The Morgan fingerprint density at radius 3 is 2.00 bits per heavy atom. The maximum absolute atomic E-state index is 12.5. The van der Waals surface area contributed by atoms with Gasteiger partial charge in [0.1, 0.15) is 0 Å². The van der Waals surface area contributed by atoms with E-state index in [1.54, 1.807) is 12.1 Å². The van der Waals surface area contributed by atoms with Gasteiger partial charge in [0.2, 0.25) is 0 Å². The number of hydrogen-bond acceptors (Lipinski definition) is 3. The summed E-state index contributed by atoms with van der Waals surface area (Å²) in [6.45, 7) is 2.92. The molecule has 0 spiro atoms. The quantitative estimate of drug-likeness (QED) is 0.579. The Labute approximate surface area is 139 Å². The van der Waals surface area contributed by atoms with E-state index >= 15 is 0 Å². The minimum atomic E-state index is -3.54. The van der Waals surface area contributed by atoms with E-state index in [9.17, 15) is 13.2 Å². The van der Waals surface area contributed by atoms with Crippen LogP contribution in [0.4, 0.5) is 0 Å². The molecule has 116 valence electrons. The Morgan fingerprint density at radius 1 is 1.00 bits per heavy atom. The Kier molecular flexibility index (Phi) is 4.87. The summed E-state index contributed by atoms with van der Waals surface area (Å²) in [5.74, 6) is -0.545. The van der Waals surface area contributed by atoms with E-state index in [1.165, 1.54) is 13.8 Å². The molecule has 0 aromatic heterocycles. The van der Waals surface area contributed by atoms with E-state index in [0.717, 1.165) is 11.1 Å². The third-order valence-electron chi connectivity index (χ3n) is 3.62. The first-order valence-electron chi connectivity index (χ1n) is 6.91. The molecule has 0 unspecified atom stereocenters. The van der Waals surface area contributed by atoms with Crippen molar-refractivity contribution in [1.29, 1.82) is 0 Å². The van der Waals surface area contributed by atoms with Crippen molar-refractivity contribution in [3.05, 3.63) is 60.2 Å². The molecule has 3 nitrogen and oxygen atoms in total. The highest BCUT2D eigenvalue weighted by molar-refractivity contribution is 9.12. The van der Waals surface area contributed by atoms with E-state index in [-0.39, 0.29) is 5.75 Å². The van der Waals surface area contributed by atoms with E-state index in [2.05, 4.69) is 15.9 Å². The van der Waals surface area contributed by atoms with Crippen LogP contribution in [0.3, 0.4) is 0 Å². The second kappa shape index (κ2) is 6.34. The fourth-order valence-corrected chi connectivity index (χ4v) is 3.97. The molecule has 5 heteroatoms. The van der Waals surface area contributed by atoms with Crippen molar-refractivity contribution in [2.75, 3.05) is 5.75 Å².